The number of hydrogen-bond donors (Lipinski definition) is 2. The van der Waals surface area contributed by atoms with Gasteiger partial charge in [0.15, 0.2) is 5.82 Å². The molecule has 7 heteroatoms. The number of carbonyl (C=O) groups excluding carboxylic acids is 1. The number of carbonyl (C=O) groups is 1. The summed E-state index contributed by atoms with van der Waals surface area (Å²) in [6.07, 6.45) is 2.63. The molecule has 25 heavy (non-hydrogen) atoms. The smallest absolute Gasteiger partial charge is 0.325 e. The van der Waals surface area contributed by atoms with Crippen molar-refractivity contribution >= 4 is 17.5 Å². The van der Waals surface area contributed by atoms with Crippen molar-refractivity contribution in [1.82, 2.24) is 9.78 Å². The highest BCUT2D eigenvalue weighted by atomic mass is 16.5. The molecule has 7 nitrogen and oxygen atoms in total. The van der Waals surface area contributed by atoms with E-state index in [2.05, 4.69) is 15.7 Å². The average Bonchev–Trinajstić information content (AvgIpc) is 3.11. The topological polar surface area (TPSA) is 77.4 Å². The maximum Gasteiger partial charge on any atom is 0.325 e. The molecule has 1 aliphatic rings. The summed E-state index contributed by atoms with van der Waals surface area (Å²) in [7, 11) is 1.65. The number of methoxy groups -OCH3 is 1. The van der Waals surface area contributed by atoms with Crippen LogP contribution in [0.5, 0.6) is 5.75 Å². The van der Waals surface area contributed by atoms with Crippen molar-refractivity contribution in [3.05, 3.63) is 36.0 Å². The molecule has 0 aliphatic carbocycles. The van der Waals surface area contributed by atoms with E-state index >= 15 is 0 Å². The second kappa shape index (κ2) is 6.76. The van der Waals surface area contributed by atoms with Gasteiger partial charge in [0.05, 0.1) is 18.3 Å². The number of anilines is 2. The minimum absolute atomic E-state index is 0.0941. The Kier molecular flexibility index (Phi) is 4.67. The van der Waals surface area contributed by atoms with E-state index in [1.54, 1.807) is 17.9 Å². The molecule has 2 amide bonds. The molecule has 0 radical (unpaired) electrons. The van der Waals surface area contributed by atoms with Crippen molar-refractivity contribution in [2.24, 2.45) is 0 Å². The van der Waals surface area contributed by atoms with Crippen molar-refractivity contribution in [1.29, 1.82) is 0 Å². The van der Waals surface area contributed by atoms with Crippen LogP contribution in [0, 0.1) is 0 Å². The Morgan fingerprint density at radius 3 is 2.96 bits per heavy atom. The highest BCUT2D eigenvalue weighted by Gasteiger charge is 2.32. The molecule has 0 spiro atoms. The molecule has 0 unspecified atom stereocenters. The number of aromatic nitrogens is 2. The van der Waals surface area contributed by atoms with Gasteiger partial charge in [0.1, 0.15) is 11.4 Å². The molecule has 2 aromatic rings. The molecule has 1 atom stereocenters. The van der Waals surface area contributed by atoms with Crippen LogP contribution in [0.15, 0.2) is 30.5 Å². The number of nitrogens with one attached hydrogen (secondary N) is 2. The molecular weight excluding hydrogens is 320 g/mol. The third-order valence-corrected chi connectivity index (χ3v) is 4.05. The van der Waals surface area contributed by atoms with Crippen LogP contribution < -0.4 is 15.4 Å². The molecule has 2 heterocycles. The minimum Gasteiger partial charge on any atom is -0.485 e. The van der Waals surface area contributed by atoms with E-state index in [-0.39, 0.29) is 17.7 Å². The number of nitrogens with zero attached hydrogens (tertiary/aromatic N) is 2. The number of para-hydroxylation sites is 1. The maximum absolute atomic E-state index is 12.3. The number of benzene rings is 1. The first-order valence-electron chi connectivity index (χ1n) is 8.31. The summed E-state index contributed by atoms with van der Waals surface area (Å²) in [6.45, 7) is 6.61. The molecule has 1 aromatic carbocycles. The lowest BCUT2D eigenvalue weighted by molar-refractivity contribution is 0.139. The van der Waals surface area contributed by atoms with Crippen LogP contribution in [0.3, 0.4) is 0 Å². The van der Waals surface area contributed by atoms with Gasteiger partial charge in [-0.2, -0.15) is 5.10 Å². The summed E-state index contributed by atoms with van der Waals surface area (Å²) in [6, 6.07) is 7.26. The average molecular weight is 344 g/mol. The lowest BCUT2D eigenvalue weighted by atomic mass is 10.0. The van der Waals surface area contributed by atoms with Crippen LogP contribution in [0.1, 0.15) is 32.4 Å². The highest BCUT2D eigenvalue weighted by Crippen LogP contribution is 2.40. The van der Waals surface area contributed by atoms with Crippen LogP contribution in [-0.2, 0) is 11.2 Å². The largest absolute Gasteiger partial charge is 0.485 e. The zero-order chi connectivity index (χ0) is 18.0. The number of rotatable bonds is 5. The molecule has 134 valence electrons. The van der Waals surface area contributed by atoms with Crippen LogP contribution >= 0.6 is 0 Å². The molecule has 0 bridgehead atoms. The van der Waals surface area contributed by atoms with Crippen molar-refractivity contribution in [3.63, 3.8) is 0 Å². The lowest BCUT2D eigenvalue weighted by Crippen LogP contribution is -2.25. The Morgan fingerprint density at radius 1 is 1.40 bits per heavy atom. The van der Waals surface area contributed by atoms with Gasteiger partial charge in [-0.1, -0.05) is 12.1 Å². The number of ether oxygens (including phenoxy) is 2. The summed E-state index contributed by atoms with van der Waals surface area (Å²) >= 11 is 0. The Hall–Kier alpha value is -2.54. The SMILES string of the molecule is COC[C@H](C)n1ccc(NC(=O)Nc2cccc3c2OC(C)(C)C3)n1. The van der Waals surface area contributed by atoms with Gasteiger partial charge in [-0.05, 0) is 26.8 Å². The fourth-order valence-corrected chi connectivity index (χ4v) is 2.95. The number of amides is 2. The molecule has 0 saturated carbocycles. The molecule has 2 N–H and O–H groups in total. The number of fused-ring (bicyclic) bond motifs is 1. The van der Waals surface area contributed by atoms with Gasteiger partial charge in [-0.25, -0.2) is 4.79 Å². The highest BCUT2D eigenvalue weighted by molar-refractivity contribution is 6.00. The van der Waals surface area contributed by atoms with E-state index < -0.39 is 0 Å². The van der Waals surface area contributed by atoms with E-state index in [9.17, 15) is 4.79 Å². The van der Waals surface area contributed by atoms with Gasteiger partial charge in [0, 0.05) is 31.4 Å². The first-order valence-corrected chi connectivity index (χ1v) is 8.31. The first kappa shape index (κ1) is 17.3. The van der Waals surface area contributed by atoms with E-state index in [1.807, 2.05) is 45.2 Å². The lowest BCUT2D eigenvalue weighted by Gasteiger charge is -2.18. The first-order chi connectivity index (χ1) is 11.9. The van der Waals surface area contributed by atoms with Gasteiger partial charge in [0.2, 0.25) is 0 Å². The fraction of sp³-hybridized carbons (Fsp3) is 0.444. The second-order valence-electron chi connectivity index (χ2n) is 6.90. The van der Waals surface area contributed by atoms with E-state index in [4.69, 9.17) is 9.47 Å². The Labute approximate surface area is 147 Å². The second-order valence-corrected chi connectivity index (χ2v) is 6.90. The third-order valence-electron chi connectivity index (χ3n) is 4.05. The quantitative estimate of drug-likeness (QED) is 0.871. The van der Waals surface area contributed by atoms with Crippen molar-refractivity contribution < 1.29 is 14.3 Å². The Balaban J connectivity index is 1.66. The van der Waals surface area contributed by atoms with Crippen molar-refractivity contribution in [2.45, 2.75) is 38.8 Å². The zero-order valence-corrected chi connectivity index (χ0v) is 15.0. The summed E-state index contributed by atoms with van der Waals surface area (Å²) in [5.41, 5.74) is 1.50. The van der Waals surface area contributed by atoms with Gasteiger partial charge in [-0.15, -0.1) is 0 Å². The summed E-state index contributed by atoms with van der Waals surface area (Å²) in [5, 5.41) is 9.92. The predicted octanol–water partition coefficient (Wildman–Crippen LogP) is 3.45. The van der Waals surface area contributed by atoms with Crippen LogP contribution in [0.2, 0.25) is 0 Å². The van der Waals surface area contributed by atoms with Crippen molar-refractivity contribution in [2.75, 3.05) is 24.4 Å². The normalized spacial score (nSPS) is 16.0. The molecule has 0 saturated heterocycles. The molecule has 1 aromatic heterocycles. The minimum atomic E-state index is -0.355. The monoisotopic (exact) mass is 344 g/mol. The van der Waals surface area contributed by atoms with Crippen LogP contribution in [0.4, 0.5) is 16.3 Å². The summed E-state index contributed by atoms with van der Waals surface area (Å²) < 4.78 is 12.8. The zero-order valence-electron chi connectivity index (χ0n) is 15.0. The predicted molar refractivity (Wildman–Crippen MR) is 96.3 cm³/mol. The van der Waals surface area contributed by atoms with E-state index in [0.717, 1.165) is 17.7 Å². The van der Waals surface area contributed by atoms with Gasteiger partial charge in [0.25, 0.3) is 0 Å². The molecule has 0 fully saturated rings. The molecule has 1 aliphatic heterocycles. The van der Waals surface area contributed by atoms with Gasteiger partial charge >= 0.3 is 6.03 Å². The summed E-state index contributed by atoms with van der Waals surface area (Å²) in [4.78, 5) is 12.3. The summed E-state index contributed by atoms with van der Waals surface area (Å²) in [5.74, 6) is 1.22. The number of urea groups is 1. The van der Waals surface area contributed by atoms with Gasteiger partial charge < -0.3 is 14.8 Å². The van der Waals surface area contributed by atoms with Crippen molar-refractivity contribution in [3.8, 4) is 5.75 Å². The van der Waals surface area contributed by atoms with E-state index in [0.29, 0.717) is 18.1 Å². The molecular formula is C18H24N4O3. The van der Waals surface area contributed by atoms with E-state index in [1.165, 1.54) is 0 Å². The fourth-order valence-electron chi connectivity index (χ4n) is 2.95. The third kappa shape index (κ3) is 3.93. The van der Waals surface area contributed by atoms with Gasteiger partial charge in [-0.3, -0.25) is 10.00 Å². The molecule has 3 rings (SSSR count). The van der Waals surface area contributed by atoms with Crippen LogP contribution in [-0.4, -0.2) is 35.1 Å². The Bertz CT molecular complexity index is 769. The maximum atomic E-state index is 12.3. The van der Waals surface area contributed by atoms with Crippen LogP contribution in [0.25, 0.3) is 0 Å². The standard InChI is InChI=1S/C18H24N4O3/c1-12(11-24-4)22-9-8-15(21-22)20-17(23)19-14-7-5-6-13-10-18(2,3)25-16(13)14/h5-9,12H,10-11H2,1-4H3,(H2,19,20,21,23)/t12-/m0/s1. The number of hydrogen-bond acceptors (Lipinski definition) is 4. The Morgan fingerprint density at radius 2 is 2.20 bits per heavy atom.